The van der Waals surface area contributed by atoms with E-state index in [1.165, 1.54) is 12.1 Å². The lowest BCUT2D eigenvalue weighted by Crippen LogP contribution is -2.16. The SMILES string of the molecule is COc1ccc(-c2c(C(C)C)c(OC)nc3cc4c(cc23)c(=O)[nH]n4S(=O)(=O)c2ccc(C)cc2)cc1. The van der Waals surface area contributed by atoms with Crippen LogP contribution in [0.15, 0.2) is 70.4 Å². The molecule has 0 saturated carbocycles. The van der Waals surface area contributed by atoms with Crippen LogP contribution in [0.5, 0.6) is 11.6 Å². The van der Waals surface area contributed by atoms with Crippen LogP contribution in [0.4, 0.5) is 0 Å². The maximum absolute atomic E-state index is 13.5. The molecule has 9 heteroatoms. The van der Waals surface area contributed by atoms with Gasteiger partial charge in [-0.25, -0.2) is 10.1 Å². The molecule has 37 heavy (non-hydrogen) atoms. The summed E-state index contributed by atoms with van der Waals surface area (Å²) in [4.78, 5) is 17.9. The molecule has 0 unspecified atom stereocenters. The first-order valence-corrected chi connectivity index (χ1v) is 13.2. The third-order valence-corrected chi connectivity index (χ3v) is 8.12. The largest absolute Gasteiger partial charge is 0.497 e. The summed E-state index contributed by atoms with van der Waals surface area (Å²) in [6, 6.07) is 17.4. The first-order valence-electron chi connectivity index (χ1n) is 11.8. The minimum absolute atomic E-state index is 0.0597. The van der Waals surface area contributed by atoms with Crippen molar-refractivity contribution in [3.63, 3.8) is 0 Å². The van der Waals surface area contributed by atoms with Crippen LogP contribution < -0.4 is 15.0 Å². The Morgan fingerprint density at radius 2 is 1.59 bits per heavy atom. The number of rotatable bonds is 6. The van der Waals surface area contributed by atoms with Gasteiger partial charge in [0.1, 0.15) is 5.75 Å². The highest BCUT2D eigenvalue weighted by Gasteiger charge is 2.25. The van der Waals surface area contributed by atoms with Gasteiger partial charge in [0.2, 0.25) is 5.88 Å². The fourth-order valence-electron chi connectivity index (χ4n) is 4.62. The third kappa shape index (κ3) is 4.05. The van der Waals surface area contributed by atoms with Crippen LogP contribution in [-0.2, 0) is 10.0 Å². The summed E-state index contributed by atoms with van der Waals surface area (Å²) in [5.41, 5.74) is 3.81. The Hall–Kier alpha value is -4.11. The summed E-state index contributed by atoms with van der Waals surface area (Å²) in [7, 11) is -0.880. The molecule has 0 amide bonds. The van der Waals surface area contributed by atoms with E-state index >= 15 is 0 Å². The van der Waals surface area contributed by atoms with E-state index in [4.69, 9.17) is 14.5 Å². The molecule has 0 spiro atoms. The summed E-state index contributed by atoms with van der Waals surface area (Å²) >= 11 is 0. The second-order valence-corrected chi connectivity index (χ2v) is 11.0. The molecule has 0 atom stereocenters. The van der Waals surface area contributed by atoms with Crippen LogP contribution in [0, 0.1) is 6.92 Å². The van der Waals surface area contributed by atoms with Gasteiger partial charge >= 0.3 is 0 Å². The fraction of sp³-hybridized carbons (Fsp3) is 0.214. The molecule has 0 radical (unpaired) electrons. The van der Waals surface area contributed by atoms with Crippen LogP contribution in [-0.4, -0.2) is 36.8 Å². The van der Waals surface area contributed by atoms with Crippen molar-refractivity contribution >= 4 is 31.8 Å². The molecule has 8 nitrogen and oxygen atoms in total. The number of aromatic nitrogens is 3. The first-order chi connectivity index (χ1) is 17.6. The average Bonchev–Trinajstić information content (AvgIpc) is 3.22. The van der Waals surface area contributed by atoms with Gasteiger partial charge < -0.3 is 9.47 Å². The molecule has 2 heterocycles. The van der Waals surface area contributed by atoms with Crippen molar-refractivity contribution in [2.24, 2.45) is 0 Å². The predicted octanol–water partition coefficient (Wildman–Crippen LogP) is 5.23. The minimum atomic E-state index is -4.05. The molecule has 2 aromatic heterocycles. The van der Waals surface area contributed by atoms with E-state index in [0.717, 1.165) is 37.5 Å². The maximum Gasteiger partial charge on any atom is 0.281 e. The van der Waals surface area contributed by atoms with Gasteiger partial charge in [-0.05, 0) is 60.4 Å². The molecule has 3 aromatic carbocycles. The molecule has 1 N–H and O–H groups in total. The number of ether oxygens (including phenoxy) is 2. The number of methoxy groups -OCH3 is 2. The predicted molar refractivity (Wildman–Crippen MR) is 144 cm³/mol. The van der Waals surface area contributed by atoms with Gasteiger partial charge in [0.25, 0.3) is 15.6 Å². The number of nitrogens with zero attached hydrogens (tertiary/aromatic N) is 2. The minimum Gasteiger partial charge on any atom is -0.497 e. The molecule has 0 fully saturated rings. The first kappa shape index (κ1) is 24.6. The Labute approximate surface area is 214 Å². The molecular formula is C28H27N3O5S. The number of hydrogen-bond acceptors (Lipinski definition) is 6. The number of H-pyrrole nitrogens is 1. The van der Waals surface area contributed by atoms with Gasteiger partial charge in [0, 0.05) is 10.9 Å². The quantitative estimate of drug-likeness (QED) is 0.331. The zero-order valence-electron chi connectivity index (χ0n) is 21.2. The molecule has 5 rings (SSSR count). The Bertz CT molecular complexity index is 1800. The Morgan fingerprint density at radius 3 is 2.19 bits per heavy atom. The Kier molecular flexibility index (Phi) is 6.03. The highest BCUT2D eigenvalue weighted by molar-refractivity contribution is 7.90. The molecular weight excluding hydrogens is 490 g/mol. The summed E-state index contributed by atoms with van der Waals surface area (Å²) in [5.74, 6) is 1.22. The lowest BCUT2D eigenvalue weighted by molar-refractivity contribution is 0.392. The van der Waals surface area contributed by atoms with Gasteiger partial charge in [-0.15, -0.1) is 0 Å². The number of hydrogen-bond donors (Lipinski definition) is 1. The van der Waals surface area contributed by atoms with Crippen molar-refractivity contribution in [1.82, 2.24) is 14.2 Å². The van der Waals surface area contributed by atoms with Crippen LogP contribution in [0.3, 0.4) is 0 Å². The van der Waals surface area contributed by atoms with Crippen molar-refractivity contribution in [3.05, 3.63) is 82.1 Å². The molecule has 0 aliphatic carbocycles. The van der Waals surface area contributed by atoms with Gasteiger partial charge in [0.05, 0.1) is 35.5 Å². The number of benzene rings is 3. The number of aryl methyl sites for hydroxylation is 1. The van der Waals surface area contributed by atoms with E-state index in [1.807, 2.05) is 45.0 Å². The number of pyridine rings is 1. The van der Waals surface area contributed by atoms with E-state index in [9.17, 15) is 13.2 Å². The summed E-state index contributed by atoms with van der Waals surface area (Å²) in [6.07, 6.45) is 0. The van der Waals surface area contributed by atoms with Crippen molar-refractivity contribution in [2.75, 3.05) is 14.2 Å². The van der Waals surface area contributed by atoms with Crippen molar-refractivity contribution < 1.29 is 17.9 Å². The zero-order valence-corrected chi connectivity index (χ0v) is 22.0. The van der Waals surface area contributed by atoms with E-state index in [-0.39, 0.29) is 21.7 Å². The smallest absolute Gasteiger partial charge is 0.281 e. The van der Waals surface area contributed by atoms with Crippen molar-refractivity contribution in [2.45, 2.75) is 31.6 Å². The standard InChI is InChI=1S/C28H27N3O5S/c1-16(2)25-26(18-8-10-19(35-4)11-9-18)21-14-22-24(15-23(21)29-28(25)36-5)31(30-27(22)32)37(33,34)20-12-6-17(3)7-13-20/h6-16H,1-5H3,(H,30,32). The van der Waals surface area contributed by atoms with Crippen molar-refractivity contribution in [3.8, 4) is 22.8 Å². The lowest BCUT2D eigenvalue weighted by atomic mass is 9.90. The molecule has 0 aliphatic rings. The normalized spacial score (nSPS) is 11.9. The Balaban J connectivity index is 1.85. The second kappa shape index (κ2) is 9.08. The molecule has 0 bridgehead atoms. The summed E-state index contributed by atoms with van der Waals surface area (Å²) in [6.45, 7) is 5.98. The van der Waals surface area contributed by atoms with E-state index in [0.29, 0.717) is 11.4 Å². The van der Waals surface area contributed by atoms with Gasteiger partial charge in [-0.3, -0.25) is 4.79 Å². The highest BCUT2D eigenvalue weighted by atomic mass is 32.2. The summed E-state index contributed by atoms with van der Waals surface area (Å²) in [5, 5.41) is 3.49. The number of fused-ring (bicyclic) bond motifs is 2. The maximum atomic E-state index is 13.5. The molecule has 0 saturated heterocycles. The number of aromatic amines is 1. The second-order valence-electron chi connectivity index (χ2n) is 9.20. The van der Waals surface area contributed by atoms with Gasteiger partial charge in [-0.1, -0.05) is 43.7 Å². The third-order valence-electron chi connectivity index (χ3n) is 6.48. The van der Waals surface area contributed by atoms with Crippen LogP contribution in [0.2, 0.25) is 0 Å². The topological polar surface area (TPSA) is 103 Å². The van der Waals surface area contributed by atoms with E-state index in [2.05, 4.69) is 5.10 Å². The fourth-order valence-corrected chi connectivity index (χ4v) is 5.92. The van der Waals surface area contributed by atoms with Gasteiger partial charge in [-0.2, -0.15) is 12.5 Å². The summed E-state index contributed by atoms with van der Waals surface area (Å²) < 4.78 is 38.9. The lowest BCUT2D eigenvalue weighted by Gasteiger charge is -2.19. The van der Waals surface area contributed by atoms with Gasteiger partial charge in [0.15, 0.2) is 0 Å². The van der Waals surface area contributed by atoms with Crippen LogP contribution in [0.1, 0.15) is 30.9 Å². The van der Waals surface area contributed by atoms with Crippen molar-refractivity contribution in [1.29, 1.82) is 0 Å². The molecule has 190 valence electrons. The Morgan fingerprint density at radius 1 is 0.919 bits per heavy atom. The number of nitrogens with one attached hydrogen (secondary N) is 1. The zero-order chi connectivity index (χ0) is 26.5. The van der Waals surface area contributed by atoms with Crippen LogP contribution >= 0.6 is 0 Å². The molecule has 5 aromatic rings. The molecule has 0 aliphatic heterocycles. The van der Waals surface area contributed by atoms with Crippen LogP contribution in [0.25, 0.3) is 32.9 Å². The van der Waals surface area contributed by atoms with E-state index < -0.39 is 15.6 Å². The monoisotopic (exact) mass is 517 g/mol. The average molecular weight is 518 g/mol. The highest BCUT2D eigenvalue weighted by Crippen LogP contribution is 2.41. The van der Waals surface area contributed by atoms with E-state index in [1.54, 1.807) is 38.5 Å².